The van der Waals surface area contributed by atoms with E-state index in [1.54, 1.807) is 13.0 Å². The molecule has 1 aromatic rings. The summed E-state index contributed by atoms with van der Waals surface area (Å²) in [6.45, 7) is 5.50. The Hall–Kier alpha value is -2.42. The van der Waals surface area contributed by atoms with Crippen molar-refractivity contribution >= 4 is 0 Å². The first-order valence-corrected chi connectivity index (χ1v) is 12.6. The van der Waals surface area contributed by atoms with Gasteiger partial charge in [-0.25, -0.2) is 4.39 Å². The summed E-state index contributed by atoms with van der Waals surface area (Å²) in [5, 5.41) is 28.6. The molecule has 0 amide bonds. The molecule has 0 radical (unpaired) electrons. The van der Waals surface area contributed by atoms with Crippen molar-refractivity contribution in [3.05, 3.63) is 71.7 Å². The van der Waals surface area contributed by atoms with Crippen LogP contribution in [0.5, 0.6) is 0 Å². The van der Waals surface area contributed by atoms with Crippen molar-refractivity contribution in [2.75, 3.05) is 7.05 Å². The van der Waals surface area contributed by atoms with Crippen molar-refractivity contribution in [3.8, 4) is 6.07 Å². The van der Waals surface area contributed by atoms with Crippen LogP contribution in [0.2, 0.25) is 0 Å². The van der Waals surface area contributed by atoms with Gasteiger partial charge in [0.1, 0.15) is 5.83 Å². The van der Waals surface area contributed by atoms with E-state index in [1.165, 1.54) is 11.1 Å². The summed E-state index contributed by atoms with van der Waals surface area (Å²) in [7, 11) is 2.08. The molecule has 34 heavy (non-hydrogen) atoms. The lowest BCUT2D eigenvalue weighted by Gasteiger charge is -2.33. The van der Waals surface area contributed by atoms with Gasteiger partial charge >= 0.3 is 0 Å². The van der Waals surface area contributed by atoms with Crippen molar-refractivity contribution in [2.24, 2.45) is 5.92 Å². The molecule has 0 aromatic heterocycles. The predicted octanol–water partition coefficient (Wildman–Crippen LogP) is 6.53. The summed E-state index contributed by atoms with van der Waals surface area (Å²) in [6, 6.07) is 11.1. The predicted molar refractivity (Wildman–Crippen MR) is 136 cm³/mol. The van der Waals surface area contributed by atoms with Crippen molar-refractivity contribution in [2.45, 2.75) is 89.4 Å². The zero-order valence-corrected chi connectivity index (χ0v) is 20.8. The number of aryl methyl sites for hydroxylation is 1. The Morgan fingerprint density at radius 3 is 2.41 bits per heavy atom. The minimum atomic E-state index is -0.825. The number of allylic oxidation sites excluding steroid dienone is 4. The number of aliphatic hydroxyl groups is 2. The van der Waals surface area contributed by atoms with Gasteiger partial charge in [0, 0.05) is 31.5 Å². The van der Waals surface area contributed by atoms with Crippen molar-refractivity contribution < 1.29 is 14.6 Å². The lowest BCUT2D eigenvalue weighted by Crippen LogP contribution is -2.31. The molecule has 3 unspecified atom stereocenters. The number of unbranched alkanes of at least 4 members (excludes halogenated alkanes) is 3. The van der Waals surface area contributed by atoms with E-state index in [9.17, 15) is 14.6 Å². The van der Waals surface area contributed by atoms with Crippen LogP contribution in [0.4, 0.5) is 4.39 Å². The molecule has 1 aliphatic rings. The Morgan fingerprint density at radius 1 is 1.12 bits per heavy atom. The summed E-state index contributed by atoms with van der Waals surface area (Å²) in [5.41, 5.74) is 3.70. The third kappa shape index (κ3) is 8.74. The van der Waals surface area contributed by atoms with E-state index < -0.39 is 12.2 Å². The Labute approximate surface area is 205 Å². The molecule has 0 saturated heterocycles. The Morgan fingerprint density at radius 2 is 1.82 bits per heavy atom. The zero-order chi connectivity index (χ0) is 24.9. The number of aliphatic hydroxyl groups excluding tert-OH is 2. The van der Waals surface area contributed by atoms with Crippen LogP contribution in [0.25, 0.3) is 0 Å². The highest BCUT2D eigenvalue weighted by Crippen LogP contribution is 2.31. The molecule has 0 bridgehead atoms. The molecule has 4 nitrogen and oxygen atoms in total. The molecule has 4 atom stereocenters. The maximum Gasteiger partial charge on any atom is 0.100 e. The number of benzene rings is 1. The van der Waals surface area contributed by atoms with Crippen LogP contribution in [-0.4, -0.2) is 34.4 Å². The van der Waals surface area contributed by atoms with Gasteiger partial charge in [-0.1, -0.05) is 49.6 Å². The molecule has 0 aliphatic heterocycles. The highest BCUT2D eigenvalue weighted by molar-refractivity contribution is 5.28. The first kappa shape index (κ1) is 27.8. The minimum absolute atomic E-state index is 0.0545. The van der Waals surface area contributed by atoms with Crippen LogP contribution in [0.3, 0.4) is 0 Å². The highest BCUT2D eigenvalue weighted by Gasteiger charge is 2.23. The SMILES string of the molecule is C=CCC(c1ccc(CCCCCCC(CC#N)[C@@H](O)C(C)O)cc1)N(C)C1=CC=C(F)CC1. The Balaban J connectivity index is 1.81. The second kappa shape index (κ2) is 14.8. The Bertz CT molecular complexity index is 854. The van der Waals surface area contributed by atoms with Crippen LogP contribution in [-0.2, 0) is 6.42 Å². The smallest absolute Gasteiger partial charge is 0.100 e. The molecule has 1 aliphatic carbocycles. The topological polar surface area (TPSA) is 67.5 Å². The van der Waals surface area contributed by atoms with Gasteiger partial charge in [0.25, 0.3) is 0 Å². The first-order chi connectivity index (χ1) is 16.4. The quantitative estimate of drug-likeness (QED) is 0.227. The fraction of sp³-hybridized carbons (Fsp3) is 0.552. The summed E-state index contributed by atoms with van der Waals surface area (Å²) >= 11 is 0. The second-order valence-corrected chi connectivity index (χ2v) is 9.47. The van der Waals surface area contributed by atoms with E-state index in [-0.39, 0.29) is 24.2 Å². The maximum absolute atomic E-state index is 13.4. The van der Waals surface area contributed by atoms with Crippen LogP contribution in [0.15, 0.2) is 60.6 Å². The monoisotopic (exact) mass is 468 g/mol. The molecule has 0 spiro atoms. The number of hydrogen-bond donors (Lipinski definition) is 2. The number of rotatable bonds is 15. The van der Waals surface area contributed by atoms with Crippen LogP contribution in [0, 0.1) is 17.2 Å². The maximum atomic E-state index is 13.4. The molecule has 5 heteroatoms. The van der Waals surface area contributed by atoms with Gasteiger partial charge in [-0.05, 0) is 62.3 Å². The Kier molecular flexibility index (Phi) is 12.1. The molecule has 0 saturated carbocycles. The van der Waals surface area contributed by atoms with E-state index in [0.717, 1.165) is 57.1 Å². The van der Waals surface area contributed by atoms with Gasteiger partial charge in [0.2, 0.25) is 0 Å². The lowest BCUT2D eigenvalue weighted by molar-refractivity contribution is -0.00898. The average molecular weight is 469 g/mol. The fourth-order valence-corrected chi connectivity index (χ4v) is 4.67. The van der Waals surface area contributed by atoms with Crippen LogP contribution >= 0.6 is 0 Å². The molecule has 2 rings (SSSR count). The summed E-state index contributed by atoms with van der Waals surface area (Å²) in [5.74, 6) is -0.209. The number of hydrogen-bond acceptors (Lipinski definition) is 4. The molecule has 1 aromatic carbocycles. The number of halogens is 1. The molecule has 186 valence electrons. The third-order valence-corrected chi connectivity index (χ3v) is 6.87. The van der Waals surface area contributed by atoms with E-state index >= 15 is 0 Å². The second-order valence-electron chi connectivity index (χ2n) is 9.47. The third-order valence-electron chi connectivity index (χ3n) is 6.87. The van der Waals surface area contributed by atoms with Crippen molar-refractivity contribution in [3.63, 3.8) is 0 Å². The molecular weight excluding hydrogens is 427 g/mol. The van der Waals surface area contributed by atoms with Crippen LogP contribution in [0.1, 0.15) is 81.9 Å². The van der Waals surface area contributed by atoms with Gasteiger partial charge < -0.3 is 15.1 Å². The molecule has 0 heterocycles. The zero-order valence-electron chi connectivity index (χ0n) is 20.8. The van der Waals surface area contributed by atoms with Crippen LogP contribution < -0.4 is 0 Å². The minimum Gasteiger partial charge on any atom is -0.391 e. The van der Waals surface area contributed by atoms with Gasteiger partial charge in [-0.2, -0.15) is 5.26 Å². The van der Waals surface area contributed by atoms with E-state index in [1.807, 2.05) is 12.2 Å². The molecular formula is C29H41FN2O2. The summed E-state index contributed by atoms with van der Waals surface area (Å²) in [6.07, 6.45) is 12.1. The van der Waals surface area contributed by atoms with Gasteiger partial charge in [0.15, 0.2) is 0 Å². The fourth-order valence-electron chi connectivity index (χ4n) is 4.67. The van der Waals surface area contributed by atoms with E-state index in [0.29, 0.717) is 6.42 Å². The van der Waals surface area contributed by atoms with Gasteiger partial charge in [-0.3, -0.25) is 0 Å². The normalized spacial score (nSPS) is 17.1. The molecule has 0 fully saturated rings. The average Bonchev–Trinajstić information content (AvgIpc) is 2.84. The number of nitriles is 1. The standard InChI is InChI=1S/C29H41FN2O2/c1-4-9-28(32(3)27-18-16-26(30)17-19-27)24-14-12-23(13-15-24)10-7-5-6-8-11-25(20-21-31)29(34)22(2)33/h4,12-16,18,22,25,28-29,33-34H,1,5-11,17,19-20H2,2-3H3/t22?,25?,28?,29-/m0/s1. The van der Waals surface area contributed by atoms with Crippen molar-refractivity contribution in [1.29, 1.82) is 5.26 Å². The first-order valence-electron chi connectivity index (χ1n) is 12.6. The largest absolute Gasteiger partial charge is 0.391 e. The van der Waals surface area contributed by atoms with Gasteiger partial charge in [-0.15, -0.1) is 6.58 Å². The molecule has 2 N–H and O–H groups in total. The van der Waals surface area contributed by atoms with E-state index in [2.05, 4.69) is 48.9 Å². The summed E-state index contributed by atoms with van der Waals surface area (Å²) in [4.78, 5) is 2.24. The van der Waals surface area contributed by atoms with E-state index in [4.69, 9.17) is 5.26 Å². The lowest BCUT2D eigenvalue weighted by atomic mass is 9.90. The number of nitrogens with zero attached hydrogens (tertiary/aromatic N) is 2. The summed E-state index contributed by atoms with van der Waals surface area (Å²) < 4.78 is 13.4. The highest BCUT2D eigenvalue weighted by atomic mass is 19.1. The van der Waals surface area contributed by atoms with Gasteiger partial charge in [0.05, 0.1) is 24.3 Å². The van der Waals surface area contributed by atoms with Crippen molar-refractivity contribution in [1.82, 2.24) is 4.90 Å².